The summed E-state index contributed by atoms with van der Waals surface area (Å²) < 4.78 is 0. The molecule has 2 aromatic carbocycles. The van der Waals surface area contributed by atoms with Gasteiger partial charge in [0.15, 0.2) is 0 Å². The zero-order chi connectivity index (χ0) is 17.0. The van der Waals surface area contributed by atoms with Crippen LogP contribution in [-0.4, -0.2) is 16.7 Å². The minimum Gasteiger partial charge on any atom is -0.267 e. The van der Waals surface area contributed by atoms with Gasteiger partial charge in [-0.05, 0) is 30.3 Å². The van der Waals surface area contributed by atoms with Gasteiger partial charge in [0.1, 0.15) is 0 Å². The lowest BCUT2D eigenvalue weighted by Gasteiger charge is -2.08. The number of amides is 2. The van der Waals surface area contributed by atoms with E-state index >= 15 is 0 Å². The van der Waals surface area contributed by atoms with Crippen molar-refractivity contribution in [1.82, 2.24) is 10.9 Å². The van der Waals surface area contributed by atoms with Crippen molar-refractivity contribution in [2.24, 2.45) is 0 Å². The van der Waals surface area contributed by atoms with Crippen LogP contribution in [0.25, 0.3) is 0 Å². The summed E-state index contributed by atoms with van der Waals surface area (Å²) in [7, 11) is 0. The fraction of sp³-hybridized carbons (Fsp3) is 0. The molecule has 0 spiro atoms. The molecule has 0 aliphatic heterocycles. The first kappa shape index (κ1) is 16.7. The number of non-ortho nitro benzene ring substituents is 1. The van der Waals surface area contributed by atoms with Crippen molar-refractivity contribution in [3.05, 3.63) is 73.8 Å². The SMILES string of the molecule is O=C(NNC(=O)c1cc(Cl)cc(Cl)c1)c1ccc([N+](=O)[O-])cc1. The second-order valence-electron chi connectivity index (χ2n) is 4.37. The van der Waals surface area contributed by atoms with Gasteiger partial charge in [0, 0.05) is 33.3 Å². The Balaban J connectivity index is 2.00. The van der Waals surface area contributed by atoms with E-state index in [4.69, 9.17) is 23.2 Å². The van der Waals surface area contributed by atoms with Crippen molar-refractivity contribution < 1.29 is 14.5 Å². The van der Waals surface area contributed by atoms with Crippen molar-refractivity contribution in [2.45, 2.75) is 0 Å². The van der Waals surface area contributed by atoms with Crippen molar-refractivity contribution in [3.8, 4) is 0 Å². The van der Waals surface area contributed by atoms with E-state index in [0.29, 0.717) is 0 Å². The molecule has 0 unspecified atom stereocenters. The van der Waals surface area contributed by atoms with E-state index in [1.54, 1.807) is 0 Å². The number of nitrogens with zero attached hydrogens (tertiary/aromatic N) is 1. The molecule has 23 heavy (non-hydrogen) atoms. The van der Waals surface area contributed by atoms with Crippen LogP contribution in [0.4, 0.5) is 5.69 Å². The number of nitro benzene ring substituents is 1. The first-order chi connectivity index (χ1) is 10.9. The minimum atomic E-state index is -0.624. The minimum absolute atomic E-state index is 0.140. The van der Waals surface area contributed by atoms with Gasteiger partial charge in [0.05, 0.1) is 4.92 Å². The highest BCUT2D eigenvalue weighted by Gasteiger charge is 2.12. The van der Waals surface area contributed by atoms with E-state index in [2.05, 4.69) is 10.9 Å². The summed E-state index contributed by atoms with van der Waals surface area (Å²) in [6.07, 6.45) is 0. The quantitative estimate of drug-likeness (QED) is 0.654. The van der Waals surface area contributed by atoms with Gasteiger partial charge in [0.2, 0.25) is 0 Å². The average Bonchev–Trinajstić information content (AvgIpc) is 2.51. The molecule has 0 heterocycles. The first-order valence-corrected chi connectivity index (χ1v) is 6.93. The molecule has 7 nitrogen and oxygen atoms in total. The van der Waals surface area contributed by atoms with E-state index in [-0.39, 0.29) is 26.9 Å². The second-order valence-corrected chi connectivity index (χ2v) is 5.24. The molecule has 2 N–H and O–H groups in total. The third-order valence-electron chi connectivity index (χ3n) is 2.75. The van der Waals surface area contributed by atoms with Gasteiger partial charge in [-0.15, -0.1) is 0 Å². The lowest BCUT2D eigenvalue weighted by molar-refractivity contribution is -0.384. The molecule has 2 aromatic rings. The van der Waals surface area contributed by atoms with Crippen LogP contribution in [0.5, 0.6) is 0 Å². The number of rotatable bonds is 3. The lowest BCUT2D eigenvalue weighted by Crippen LogP contribution is -2.41. The molecule has 0 atom stereocenters. The van der Waals surface area contributed by atoms with Gasteiger partial charge < -0.3 is 0 Å². The maximum Gasteiger partial charge on any atom is 0.269 e. The second kappa shape index (κ2) is 7.08. The number of carbonyl (C=O) groups is 2. The molecule has 0 aromatic heterocycles. The molecule has 0 aliphatic carbocycles. The zero-order valence-corrected chi connectivity index (χ0v) is 12.9. The predicted molar refractivity (Wildman–Crippen MR) is 84.5 cm³/mol. The van der Waals surface area contributed by atoms with Crippen LogP contribution >= 0.6 is 23.2 Å². The fourth-order valence-corrected chi connectivity index (χ4v) is 2.20. The van der Waals surface area contributed by atoms with Crippen molar-refractivity contribution in [2.75, 3.05) is 0 Å². The Morgan fingerprint density at radius 3 is 1.83 bits per heavy atom. The largest absolute Gasteiger partial charge is 0.269 e. The van der Waals surface area contributed by atoms with Gasteiger partial charge in [-0.3, -0.25) is 30.6 Å². The van der Waals surface area contributed by atoms with E-state index < -0.39 is 16.7 Å². The van der Waals surface area contributed by atoms with Gasteiger partial charge in [-0.2, -0.15) is 0 Å². The Labute approximate surface area is 140 Å². The summed E-state index contributed by atoms with van der Waals surface area (Å²) in [5.74, 6) is -1.23. The van der Waals surface area contributed by atoms with Crippen molar-refractivity contribution in [1.29, 1.82) is 0 Å². The first-order valence-electron chi connectivity index (χ1n) is 6.18. The van der Waals surface area contributed by atoms with Gasteiger partial charge >= 0.3 is 0 Å². The molecule has 0 radical (unpaired) electrons. The summed E-state index contributed by atoms with van der Waals surface area (Å²) >= 11 is 11.6. The molecule has 0 bridgehead atoms. The highest BCUT2D eigenvalue weighted by Crippen LogP contribution is 2.18. The molecule has 2 rings (SSSR count). The monoisotopic (exact) mass is 353 g/mol. The number of hydrogen-bond donors (Lipinski definition) is 2. The molecule has 0 aliphatic rings. The highest BCUT2D eigenvalue weighted by molar-refractivity contribution is 6.35. The number of carbonyl (C=O) groups excluding carboxylic acids is 2. The topological polar surface area (TPSA) is 101 Å². The van der Waals surface area contributed by atoms with Crippen LogP contribution < -0.4 is 10.9 Å². The van der Waals surface area contributed by atoms with Crippen LogP contribution in [0.3, 0.4) is 0 Å². The van der Waals surface area contributed by atoms with E-state index in [1.165, 1.54) is 42.5 Å². The Hall–Kier alpha value is -2.64. The molecular weight excluding hydrogens is 345 g/mol. The summed E-state index contributed by atoms with van der Waals surface area (Å²) in [6.45, 7) is 0. The van der Waals surface area contributed by atoms with E-state index in [9.17, 15) is 19.7 Å². The molecule has 9 heteroatoms. The highest BCUT2D eigenvalue weighted by atomic mass is 35.5. The van der Waals surface area contributed by atoms with E-state index in [0.717, 1.165) is 0 Å². The summed E-state index contributed by atoms with van der Waals surface area (Å²) in [6, 6.07) is 9.17. The number of hydrazine groups is 1. The van der Waals surface area contributed by atoms with Crippen LogP contribution in [0.2, 0.25) is 10.0 Å². The molecule has 0 fully saturated rings. The van der Waals surface area contributed by atoms with Crippen LogP contribution in [0, 0.1) is 10.1 Å². The Morgan fingerprint density at radius 1 is 0.870 bits per heavy atom. The van der Waals surface area contributed by atoms with Crippen molar-refractivity contribution in [3.63, 3.8) is 0 Å². The standard InChI is InChI=1S/C14H9Cl2N3O4/c15-10-5-9(6-11(16)7-10)14(21)18-17-13(20)8-1-3-12(4-2-8)19(22)23/h1-7H,(H,17,20)(H,18,21). The Bertz CT molecular complexity index is 758. The van der Waals surface area contributed by atoms with Crippen molar-refractivity contribution >= 4 is 40.7 Å². The number of nitrogens with one attached hydrogen (secondary N) is 2. The fourth-order valence-electron chi connectivity index (χ4n) is 1.68. The van der Waals surface area contributed by atoms with E-state index in [1.807, 2.05) is 0 Å². The average molecular weight is 354 g/mol. The third-order valence-corrected chi connectivity index (χ3v) is 3.19. The lowest BCUT2D eigenvalue weighted by atomic mass is 10.2. The van der Waals surface area contributed by atoms with Crippen LogP contribution in [0.15, 0.2) is 42.5 Å². The number of benzene rings is 2. The third kappa shape index (κ3) is 4.41. The summed E-state index contributed by atoms with van der Waals surface area (Å²) in [4.78, 5) is 33.7. The maximum atomic E-state index is 11.9. The van der Waals surface area contributed by atoms with Gasteiger partial charge in [0.25, 0.3) is 17.5 Å². The number of halogens is 2. The predicted octanol–water partition coefficient (Wildman–Crippen LogP) is 2.98. The van der Waals surface area contributed by atoms with Gasteiger partial charge in [-0.1, -0.05) is 23.2 Å². The normalized spacial score (nSPS) is 10.0. The number of hydrogen-bond acceptors (Lipinski definition) is 4. The molecular formula is C14H9Cl2N3O4. The maximum absolute atomic E-state index is 11.9. The van der Waals surface area contributed by atoms with Crippen LogP contribution in [-0.2, 0) is 0 Å². The summed E-state index contributed by atoms with van der Waals surface area (Å²) in [5.41, 5.74) is 4.58. The summed E-state index contributed by atoms with van der Waals surface area (Å²) in [5, 5.41) is 11.1. The van der Waals surface area contributed by atoms with Crippen LogP contribution in [0.1, 0.15) is 20.7 Å². The molecule has 2 amide bonds. The number of nitro groups is 1. The smallest absolute Gasteiger partial charge is 0.267 e. The zero-order valence-electron chi connectivity index (χ0n) is 11.4. The Kier molecular flexibility index (Phi) is 5.15. The Morgan fingerprint density at radius 2 is 1.35 bits per heavy atom. The van der Waals surface area contributed by atoms with Gasteiger partial charge in [-0.25, -0.2) is 0 Å². The molecule has 0 saturated carbocycles. The molecule has 0 saturated heterocycles. The molecule has 118 valence electrons.